The van der Waals surface area contributed by atoms with E-state index in [0.717, 1.165) is 0 Å². The molecule has 1 fully saturated rings. The number of hydrogen-bond acceptors (Lipinski definition) is 1. The molecule has 1 atom stereocenters. The molecule has 102 valence electrons. The van der Waals surface area contributed by atoms with Gasteiger partial charge in [-0.3, -0.25) is 4.90 Å². The molecule has 1 aliphatic heterocycles. The Kier molecular flexibility index (Phi) is 7.18. The first-order valence-corrected chi connectivity index (χ1v) is 7.98. The van der Waals surface area contributed by atoms with Crippen LogP contribution in [0.3, 0.4) is 0 Å². The summed E-state index contributed by atoms with van der Waals surface area (Å²) in [6.07, 6.45) is 14.1. The summed E-state index contributed by atoms with van der Waals surface area (Å²) in [4.78, 5) is 2.77. The normalized spacial score (nSPS) is 21.4. The van der Waals surface area contributed by atoms with Gasteiger partial charge in [0.05, 0.1) is 0 Å². The van der Waals surface area contributed by atoms with E-state index in [2.05, 4.69) is 25.7 Å². The van der Waals surface area contributed by atoms with Gasteiger partial charge in [-0.15, -0.1) is 0 Å². The van der Waals surface area contributed by atoms with Gasteiger partial charge in [-0.05, 0) is 45.7 Å². The third-order valence-corrected chi connectivity index (χ3v) is 4.70. The minimum absolute atomic E-state index is 0.493. The molecular formula is C16H33N. The number of hydrogen-bond donors (Lipinski definition) is 0. The van der Waals surface area contributed by atoms with Crippen molar-refractivity contribution in [2.24, 2.45) is 0 Å². The molecule has 0 radical (unpaired) electrons. The predicted molar refractivity (Wildman–Crippen MR) is 77.5 cm³/mol. The maximum absolute atomic E-state index is 2.77. The van der Waals surface area contributed by atoms with Gasteiger partial charge in [-0.2, -0.15) is 0 Å². The Bertz CT molecular complexity index is 184. The van der Waals surface area contributed by atoms with Crippen molar-refractivity contribution in [3.8, 4) is 0 Å². The molecule has 0 aromatic carbocycles. The highest BCUT2D eigenvalue weighted by Crippen LogP contribution is 2.29. The standard InChI is InChI=1S/C16H33N/c1-4-6-7-8-10-13-16(3,5-2)17-14-11-9-12-15-17/h4-15H2,1-3H3. The smallest absolute Gasteiger partial charge is 0.0178 e. The van der Waals surface area contributed by atoms with Crippen molar-refractivity contribution in [3.63, 3.8) is 0 Å². The van der Waals surface area contributed by atoms with Crippen LogP contribution in [0.1, 0.15) is 85.0 Å². The Morgan fingerprint density at radius 1 is 0.882 bits per heavy atom. The van der Waals surface area contributed by atoms with Crippen molar-refractivity contribution in [1.29, 1.82) is 0 Å². The van der Waals surface area contributed by atoms with E-state index < -0.39 is 0 Å². The zero-order chi connectivity index (χ0) is 12.6. The highest BCUT2D eigenvalue weighted by molar-refractivity contribution is 4.86. The van der Waals surface area contributed by atoms with E-state index in [1.54, 1.807) is 0 Å². The van der Waals surface area contributed by atoms with Crippen LogP contribution in [0.5, 0.6) is 0 Å². The summed E-state index contributed by atoms with van der Waals surface area (Å²) in [5.74, 6) is 0. The van der Waals surface area contributed by atoms with Crippen LogP contribution < -0.4 is 0 Å². The van der Waals surface area contributed by atoms with Crippen LogP contribution in [-0.2, 0) is 0 Å². The largest absolute Gasteiger partial charge is 0.298 e. The van der Waals surface area contributed by atoms with Gasteiger partial charge in [0.2, 0.25) is 0 Å². The molecular weight excluding hydrogens is 206 g/mol. The molecule has 1 saturated heterocycles. The lowest BCUT2D eigenvalue weighted by atomic mass is 9.87. The number of unbranched alkanes of at least 4 members (excludes halogenated alkanes) is 4. The Labute approximate surface area is 109 Å². The molecule has 1 heterocycles. The molecule has 0 N–H and O–H groups in total. The highest BCUT2D eigenvalue weighted by atomic mass is 15.2. The lowest BCUT2D eigenvalue weighted by Crippen LogP contribution is -2.48. The maximum Gasteiger partial charge on any atom is 0.0178 e. The third-order valence-electron chi connectivity index (χ3n) is 4.70. The van der Waals surface area contributed by atoms with E-state index in [4.69, 9.17) is 0 Å². The lowest BCUT2D eigenvalue weighted by Gasteiger charge is -2.43. The first-order valence-electron chi connectivity index (χ1n) is 7.98. The van der Waals surface area contributed by atoms with Gasteiger partial charge in [0.1, 0.15) is 0 Å². The second kappa shape index (κ2) is 8.13. The van der Waals surface area contributed by atoms with Gasteiger partial charge >= 0.3 is 0 Å². The summed E-state index contributed by atoms with van der Waals surface area (Å²) in [6, 6.07) is 0. The minimum Gasteiger partial charge on any atom is -0.298 e. The van der Waals surface area contributed by atoms with Gasteiger partial charge in [0.25, 0.3) is 0 Å². The Hall–Kier alpha value is -0.0400. The fraction of sp³-hybridized carbons (Fsp3) is 1.00. The van der Waals surface area contributed by atoms with Gasteiger partial charge < -0.3 is 0 Å². The molecule has 0 aliphatic carbocycles. The van der Waals surface area contributed by atoms with Crippen molar-refractivity contribution in [3.05, 3.63) is 0 Å². The average Bonchev–Trinajstić information content (AvgIpc) is 2.39. The molecule has 1 unspecified atom stereocenters. The molecule has 0 aromatic rings. The number of rotatable bonds is 8. The monoisotopic (exact) mass is 239 g/mol. The van der Waals surface area contributed by atoms with Crippen molar-refractivity contribution < 1.29 is 0 Å². The third kappa shape index (κ3) is 4.99. The summed E-state index contributed by atoms with van der Waals surface area (Å²) in [5.41, 5.74) is 0.493. The van der Waals surface area contributed by atoms with Gasteiger partial charge in [0, 0.05) is 5.54 Å². The molecule has 0 saturated carbocycles. The van der Waals surface area contributed by atoms with Crippen molar-refractivity contribution in [1.82, 2.24) is 4.90 Å². The number of likely N-dealkylation sites (tertiary alicyclic amines) is 1. The van der Waals surface area contributed by atoms with E-state index in [9.17, 15) is 0 Å². The molecule has 17 heavy (non-hydrogen) atoms. The minimum atomic E-state index is 0.493. The molecule has 1 aliphatic rings. The van der Waals surface area contributed by atoms with Gasteiger partial charge in [-0.1, -0.05) is 52.4 Å². The van der Waals surface area contributed by atoms with E-state index in [0.29, 0.717) is 5.54 Å². The average molecular weight is 239 g/mol. The summed E-state index contributed by atoms with van der Waals surface area (Å²) in [6.45, 7) is 9.86. The SMILES string of the molecule is CCCCCCCC(C)(CC)N1CCCCC1. The Morgan fingerprint density at radius 3 is 2.12 bits per heavy atom. The lowest BCUT2D eigenvalue weighted by molar-refractivity contribution is 0.0670. The predicted octanol–water partition coefficient (Wildman–Crippen LogP) is 5.00. The van der Waals surface area contributed by atoms with Crippen molar-refractivity contribution >= 4 is 0 Å². The molecule has 0 bridgehead atoms. The second-order valence-electron chi connectivity index (χ2n) is 6.06. The van der Waals surface area contributed by atoms with Crippen LogP contribution in [0.15, 0.2) is 0 Å². The highest BCUT2D eigenvalue weighted by Gasteiger charge is 2.29. The fourth-order valence-corrected chi connectivity index (χ4v) is 3.10. The van der Waals surface area contributed by atoms with Crippen LogP contribution >= 0.6 is 0 Å². The van der Waals surface area contributed by atoms with Crippen LogP contribution in [0.2, 0.25) is 0 Å². The topological polar surface area (TPSA) is 3.24 Å². The van der Waals surface area contributed by atoms with Crippen molar-refractivity contribution in [2.75, 3.05) is 13.1 Å². The van der Waals surface area contributed by atoms with Crippen LogP contribution in [-0.4, -0.2) is 23.5 Å². The zero-order valence-corrected chi connectivity index (χ0v) is 12.4. The molecule has 0 spiro atoms. The Balaban J connectivity index is 2.28. The van der Waals surface area contributed by atoms with Crippen LogP contribution in [0.25, 0.3) is 0 Å². The number of nitrogens with zero attached hydrogens (tertiary/aromatic N) is 1. The van der Waals surface area contributed by atoms with Crippen molar-refractivity contribution in [2.45, 2.75) is 90.5 Å². The van der Waals surface area contributed by atoms with Gasteiger partial charge in [0.15, 0.2) is 0 Å². The fourth-order valence-electron chi connectivity index (χ4n) is 3.10. The van der Waals surface area contributed by atoms with Gasteiger partial charge in [-0.25, -0.2) is 0 Å². The number of piperidine rings is 1. The zero-order valence-electron chi connectivity index (χ0n) is 12.4. The first-order chi connectivity index (χ1) is 8.23. The van der Waals surface area contributed by atoms with E-state index in [1.165, 1.54) is 77.3 Å². The maximum atomic E-state index is 2.77. The Morgan fingerprint density at radius 2 is 1.53 bits per heavy atom. The molecule has 0 amide bonds. The summed E-state index contributed by atoms with van der Waals surface area (Å²) in [5, 5.41) is 0. The molecule has 1 rings (SSSR count). The van der Waals surface area contributed by atoms with Crippen LogP contribution in [0, 0.1) is 0 Å². The molecule has 1 nitrogen and oxygen atoms in total. The quantitative estimate of drug-likeness (QED) is 0.539. The summed E-state index contributed by atoms with van der Waals surface area (Å²) in [7, 11) is 0. The van der Waals surface area contributed by atoms with E-state index in [-0.39, 0.29) is 0 Å². The molecule has 0 aromatic heterocycles. The van der Waals surface area contributed by atoms with E-state index in [1.807, 2.05) is 0 Å². The second-order valence-corrected chi connectivity index (χ2v) is 6.06. The molecule has 1 heteroatoms. The van der Waals surface area contributed by atoms with E-state index >= 15 is 0 Å². The van der Waals surface area contributed by atoms with Crippen LogP contribution in [0.4, 0.5) is 0 Å². The summed E-state index contributed by atoms with van der Waals surface area (Å²) >= 11 is 0. The first kappa shape index (κ1) is 15.0. The summed E-state index contributed by atoms with van der Waals surface area (Å²) < 4.78 is 0.